The summed E-state index contributed by atoms with van der Waals surface area (Å²) in [6.07, 6.45) is 3.58. The second-order valence-corrected chi connectivity index (χ2v) is 12.5. The number of benzene rings is 3. The Morgan fingerprint density at radius 1 is 0.978 bits per heavy atom. The van der Waals surface area contributed by atoms with Crippen LogP contribution < -0.4 is 15.4 Å². The van der Waals surface area contributed by atoms with Crippen LogP contribution in [0.3, 0.4) is 0 Å². The molecule has 0 spiro atoms. The first-order valence-corrected chi connectivity index (χ1v) is 15.9. The Morgan fingerprint density at radius 3 is 2.42 bits per heavy atom. The summed E-state index contributed by atoms with van der Waals surface area (Å²) >= 11 is 14.2. The number of carbonyl (C=O) groups is 1. The molecule has 3 heterocycles. The van der Waals surface area contributed by atoms with Crippen LogP contribution in [-0.4, -0.2) is 60.7 Å². The number of fused-ring (bicyclic) bond motifs is 1. The number of amides is 1. The van der Waals surface area contributed by atoms with Crippen molar-refractivity contribution in [1.82, 2.24) is 25.1 Å². The zero-order valence-electron chi connectivity index (χ0n) is 25.7. The molecule has 45 heavy (non-hydrogen) atoms. The van der Waals surface area contributed by atoms with Gasteiger partial charge in [0.05, 0.1) is 22.8 Å². The van der Waals surface area contributed by atoms with Crippen LogP contribution in [-0.2, 0) is 17.9 Å². The van der Waals surface area contributed by atoms with E-state index in [-0.39, 0.29) is 11.9 Å². The van der Waals surface area contributed by atoms with Gasteiger partial charge in [-0.15, -0.1) is 0 Å². The molecule has 232 valence electrons. The lowest BCUT2D eigenvalue weighted by Gasteiger charge is -2.16. The molecule has 1 unspecified atom stereocenters. The van der Waals surface area contributed by atoms with Crippen LogP contribution in [0.5, 0.6) is 5.88 Å². The highest BCUT2D eigenvalue weighted by Gasteiger charge is 2.21. The SMILES string of the molecule is COc1nc(-c2cccc(-c3cccc(-c4ccc5c(ccn5CCN(C)C)c4)c3Cl)c2Cl)ccc1CNCC1CCC(=O)N1. The summed E-state index contributed by atoms with van der Waals surface area (Å²) in [4.78, 5) is 18.5. The van der Waals surface area contributed by atoms with Crippen molar-refractivity contribution in [2.45, 2.75) is 32.0 Å². The van der Waals surface area contributed by atoms with E-state index in [4.69, 9.17) is 32.9 Å². The minimum absolute atomic E-state index is 0.112. The van der Waals surface area contributed by atoms with Gasteiger partial charge in [-0.1, -0.05) is 71.7 Å². The molecule has 7 nitrogen and oxygen atoms in total. The van der Waals surface area contributed by atoms with Crippen LogP contribution in [0.25, 0.3) is 44.4 Å². The second-order valence-electron chi connectivity index (χ2n) is 11.7. The lowest BCUT2D eigenvalue weighted by molar-refractivity contribution is -0.119. The normalized spacial score (nSPS) is 14.8. The Kier molecular flexibility index (Phi) is 9.42. The van der Waals surface area contributed by atoms with Gasteiger partial charge in [0.15, 0.2) is 0 Å². The molecule has 0 radical (unpaired) electrons. The molecule has 1 amide bonds. The number of nitrogens with zero attached hydrogens (tertiary/aromatic N) is 3. The molecule has 0 bridgehead atoms. The largest absolute Gasteiger partial charge is 0.481 e. The fourth-order valence-electron chi connectivity index (χ4n) is 5.91. The number of nitrogens with one attached hydrogen (secondary N) is 2. The van der Waals surface area contributed by atoms with Crippen LogP contribution >= 0.6 is 23.2 Å². The predicted molar refractivity (Wildman–Crippen MR) is 184 cm³/mol. The van der Waals surface area contributed by atoms with Crippen molar-refractivity contribution in [2.24, 2.45) is 0 Å². The molecule has 2 aromatic heterocycles. The third-order valence-corrected chi connectivity index (χ3v) is 9.17. The Hall–Kier alpha value is -3.88. The number of aromatic nitrogens is 2. The Bertz CT molecular complexity index is 1850. The second kappa shape index (κ2) is 13.6. The van der Waals surface area contributed by atoms with Crippen LogP contribution in [0.4, 0.5) is 0 Å². The van der Waals surface area contributed by atoms with Gasteiger partial charge in [0.25, 0.3) is 0 Å². The quantitative estimate of drug-likeness (QED) is 0.159. The fourth-order valence-corrected chi connectivity index (χ4v) is 6.57. The molecular formula is C36H37Cl2N5O2. The van der Waals surface area contributed by atoms with Crippen LogP contribution in [0.1, 0.15) is 18.4 Å². The molecule has 1 aliphatic rings. The third kappa shape index (κ3) is 6.72. The maximum Gasteiger partial charge on any atom is 0.220 e. The highest BCUT2D eigenvalue weighted by atomic mass is 35.5. The van der Waals surface area contributed by atoms with E-state index in [1.165, 1.54) is 10.9 Å². The molecule has 6 rings (SSSR count). The number of ether oxygens (including phenoxy) is 1. The van der Waals surface area contributed by atoms with E-state index < -0.39 is 0 Å². The van der Waals surface area contributed by atoms with Gasteiger partial charge in [-0.05, 0) is 50.3 Å². The van der Waals surface area contributed by atoms with Crippen LogP contribution in [0, 0.1) is 0 Å². The maximum absolute atomic E-state index is 11.5. The summed E-state index contributed by atoms with van der Waals surface area (Å²) in [6.45, 7) is 3.18. The van der Waals surface area contributed by atoms with Crippen molar-refractivity contribution in [1.29, 1.82) is 0 Å². The summed E-state index contributed by atoms with van der Waals surface area (Å²) in [5.74, 6) is 0.642. The van der Waals surface area contributed by atoms with Gasteiger partial charge < -0.3 is 24.8 Å². The topological polar surface area (TPSA) is 71.4 Å². The van der Waals surface area contributed by atoms with Gasteiger partial charge in [0, 0.05) is 83.6 Å². The number of methoxy groups -OCH3 is 1. The Labute approximate surface area is 274 Å². The number of hydrogen-bond acceptors (Lipinski definition) is 5. The lowest BCUT2D eigenvalue weighted by atomic mass is 9.96. The predicted octanol–water partition coefficient (Wildman–Crippen LogP) is 7.28. The average Bonchev–Trinajstić information content (AvgIpc) is 3.65. The third-order valence-electron chi connectivity index (χ3n) is 8.36. The van der Waals surface area contributed by atoms with E-state index in [0.717, 1.165) is 52.9 Å². The molecule has 1 saturated heterocycles. The molecule has 0 saturated carbocycles. The van der Waals surface area contributed by atoms with E-state index in [2.05, 4.69) is 64.7 Å². The fraction of sp³-hybridized carbons (Fsp3) is 0.278. The van der Waals surface area contributed by atoms with Crippen molar-refractivity contribution in [3.63, 3.8) is 0 Å². The van der Waals surface area contributed by atoms with Crippen molar-refractivity contribution >= 4 is 40.0 Å². The van der Waals surface area contributed by atoms with Crippen LogP contribution in [0.2, 0.25) is 10.0 Å². The highest BCUT2D eigenvalue weighted by molar-refractivity contribution is 6.39. The van der Waals surface area contributed by atoms with Gasteiger partial charge in [0.2, 0.25) is 11.8 Å². The summed E-state index contributed by atoms with van der Waals surface area (Å²) < 4.78 is 7.94. The molecule has 1 fully saturated rings. The summed E-state index contributed by atoms with van der Waals surface area (Å²) in [7, 11) is 5.79. The zero-order valence-corrected chi connectivity index (χ0v) is 27.3. The summed E-state index contributed by atoms with van der Waals surface area (Å²) in [5.41, 5.74) is 7.34. The molecule has 2 N–H and O–H groups in total. The van der Waals surface area contributed by atoms with Gasteiger partial charge >= 0.3 is 0 Å². The molecule has 3 aromatic carbocycles. The van der Waals surface area contributed by atoms with Gasteiger partial charge in [0.1, 0.15) is 0 Å². The number of likely N-dealkylation sites (N-methyl/N-ethyl adjacent to an activating group) is 1. The first-order chi connectivity index (χ1) is 21.8. The highest BCUT2D eigenvalue weighted by Crippen LogP contribution is 2.42. The molecular weight excluding hydrogens is 605 g/mol. The number of rotatable bonds is 11. The number of pyridine rings is 1. The lowest BCUT2D eigenvalue weighted by Crippen LogP contribution is -2.35. The minimum Gasteiger partial charge on any atom is -0.481 e. The first kappa shape index (κ1) is 31.1. The van der Waals surface area contributed by atoms with E-state index in [1.54, 1.807) is 7.11 Å². The average molecular weight is 643 g/mol. The van der Waals surface area contributed by atoms with Gasteiger partial charge in [-0.2, -0.15) is 0 Å². The minimum atomic E-state index is 0.112. The van der Waals surface area contributed by atoms with Crippen molar-refractivity contribution in [2.75, 3.05) is 34.3 Å². The van der Waals surface area contributed by atoms with Crippen LogP contribution in [0.15, 0.2) is 79.0 Å². The number of carbonyl (C=O) groups excluding carboxylic acids is 1. The Morgan fingerprint density at radius 2 is 1.71 bits per heavy atom. The van der Waals surface area contributed by atoms with Gasteiger partial charge in [-0.3, -0.25) is 4.79 Å². The van der Waals surface area contributed by atoms with Crippen molar-refractivity contribution in [3.8, 4) is 39.4 Å². The first-order valence-electron chi connectivity index (χ1n) is 15.2. The van der Waals surface area contributed by atoms with E-state index >= 15 is 0 Å². The number of halogens is 2. The maximum atomic E-state index is 11.5. The van der Waals surface area contributed by atoms with E-state index in [9.17, 15) is 4.79 Å². The molecule has 5 aromatic rings. The molecule has 1 aliphatic heterocycles. The van der Waals surface area contributed by atoms with Crippen molar-refractivity contribution < 1.29 is 9.53 Å². The van der Waals surface area contributed by atoms with E-state index in [0.29, 0.717) is 41.1 Å². The molecule has 1 atom stereocenters. The zero-order chi connectivity index (χ0) is 31.5. The molecule has 9 heteroatoms. The standard InChI is InChI=1S/C36H37Cl2N5O2/c1-42(2)18-19-43-17-16-24-20-23(11-14-32(24)43)27-6-4-7-28(34(27)37)29-8-5-9-30(35(29)38)31-13-10-25(36(41-31)45-3)21-39-22-26-12-15-33(44)40-26/h4-11,13-14,16-17,20,26,39H,12,15,18-19,21-22H2,1-3H3,(H,40,44). The summed E-state index contributed by atoms with van der Waals surface area (Å²) in [6, 6.07) is 24.8. The van der Waals surface area contributed by atoms with Crippen molar-refractivity contribution in [3.05, 3.63) is 94.6 Å². The molecule has 0 aliphatic carbocycles. The Balaban J connectivity index is 1.26. The monoisotopic (exact) mass is 641 g/mol. The van der Waals surface area contributed by atoms with E-state index in [1.807, 2.05) is 48.5 Å². The van der Waals surface area contributed by atoms with Gasteiger partial charge in [-0.25, -0.2) is 4.98 Å². The number of hydrogen-bond donors (Lipinski definition) is 2. The smallest absolute Gasteiger partial charge is 0.220 e. The summed E-state index contributed by atoms with van der Waals surface area (Å²) in [5, 5.41) is 8.78.